The summed E-state index contributed by atoms with van der Waals surface area (Å²) in [5.74, 6) is -0.226. The minimum Gasteiger partial charge on any atom is -0.350 e. The molecule has 1 heterocycles. The first-order chi connectivity index (χ1) is 8.65. The van der Waals surface area contributed by atoms with Gasteiger partial charge in [0.25, 0.3) is 5.91 Å². The van der Waals surface area contributed by atoms with Crippen LogP contribution in [-0.2, 0) is 4.79 Å². The highest BCUT2D eigenvalue weighted by Gasteiger charge is 2.08. The molecule has 0 fully saturated rings. The number of carbonyl (C=O) groups is 2. The molecule has 0 aliphatic rings. The van der Waals surface area contributed by atoms with Crippen LogP contribution in [0.4, 0.5) is 0 Å². The Morgan fingerprint density at radius 1 is 1.56 bits per heavy atom. The van der Waals surface area contributed by atoms with Crippen LogP contribution >= 0.6 is 0 Å². The van der Waals surface area contributed by atoms with Crippen LogP contribution in [0.2, 0.25) is 0 Å². The van der Waals surface area contributed by atoms with Crippen molar-refractivity contribution in [2.24, 2.45) is 0 Å². The van der Waals surface area contributed by atoms with E-state index in [0.717, 1.165) is 0 Å². The van der Waals surface area contributed by atoms with Crippen molar-refractivity contribution < 1.29 is 9.59 Å². The fraction of sp³-hybridized carbons (Fsp3) is 0.308. The number of nitrogens with one attached hydrogen (secondary N) is 1. The number of amides is 2. The summed E-state index contributed by atoms with van der Waals surface area (Å²) in [4.78, 5) is 28.4. The van der Waals surface area contributed by atoms with Gasteiger partial charge in [0.05, 0.1) is 5.56 Å². The summed E-state index contributed by atoms with van der Waals surface area (Å²) in [6.45, 7) is 6.43. The van der Waals surface area contributed by atoms with Gasteiger partial charge in [-0.1, -0.05) is 6.08 Å². The lowest BCUT2D eigenvalue weighted by molar-refractivity contribution is -0.128. The van der Waals surface area contributed by atoms with Crippen molar-refractivity contribution in [3.8, 4) is 0 Å². The van der Waals surface area contributed by atoms with Crippen molar-refractivity contribution >= 4 is 11.8 Å². The third-order valence-electron chi connectivity index (χ3n) is 2.39. The molecule has 0 bridgehead atoms. The minimum absolute atomic E-state index is 0.0365. The number of carbonyl (C=O) groups excluding carboxylic acids is 2. The Morgan fingerprint density at radius 3 is 2.89 bits per heavy atom. The van der Waals surface area contributed by atoms with Crippen molar-refractivity contribution in [3.05, 3.63) is 42.7 Å². The lowest BCUT2D eigenvalue weighted by Gasteiger charge is -2.19. The highest BCUT2D eigenvalue weighted by molar-refractivity contribution is 5.93. The molecule has 1 aromatic rings. The largest absolute Gasteiger partial charge is 0.350 e. The molecule has 2 amide bonds. The van der Waals surface area contributed by atoms with Gasteiger partial charge in [-0.15, -0.1) is 6.58 Å². The smallest absolute Gasteiger partial charge is 0.252 e. The first-order valence-electron chi connectivity index (χ1n) is 5.69. The lowest BCUT2D eigenvalue weighted by Crippen LogP contribution is -2.37. The van der Waals surface area contributed by atoms with E-state index in [9.17, 15) is 9.59 Å². The van der Waals surface area contributed by atoms with Gasteiger partial charge in [0.15, 0.2) is 0 Å². The quantitative estimate of drug-likeness (QED) is 0.758. The predicted molar refractivity (Wildman–Crippen MR) is 69.0 cm³/mol. The second-order valence-corrected chi connectivity index (χ2v) is 3.75. The number of aromatic nitrogens is 1. The van der Waals surface area contributed by atoms with E-state index in [2.05, 4.69) is 16.9 Å². The molecule has 1 rings (SSSR count). The molecule has 0 aromatic carbocycles. The summed E-state index contributed by atoms with van der Waals surface area (Å²) in [6.07, 6.45) is 4.77. The highest BCUT2D eigenvalue weighted by atomic mass is 16.2. The molecule has 0 aliphatic carbocycles. The van der Waals surface area contributed by atoms with E-state index in [1.807, 2.05) is 0 Å². The average Bonchev–Trinajstić information content (AvgIpc) is 2.38. The summed E-state index contributed by atoms with van der Waals surface area (Å²) in [6, 6.07) is 3.39. The zero-order chi connectivity index (χ0) is 13.4. The maximum absolute atomic E-state index is 11.7. The molecule has 0 aliphatic heterocycles. The van der Waals surface area contributed by atoms with E-state index in [0.29, 0.717) is 25.2 Å². The SMILES string of the molecule is C=CCN(CCNC(=O)c1cccnc1)C(C)=O. The molecule has 96 valence electrons. The summed E-state index contributed by atoms with van der Waals surface area (Å²) in [7, 11) is 0. The molecule has 1 N–H and O–H groups in total. The van der Waals surface area contributed by atoms with Crippen molar-refractivity contribution in [3.63, 3.8) is 0 Å². The highest BCUT2D eigenvalue weighted by Crippen LogP contribution is 1.95. The van der Waals surface area contributed by atoms with Gasteiger partial charge in [0.2, 0.25) is 5.91 Å². The molecule has 18 heavy (non-hydrogen) atoms. The third-order valence-corrected chi connectivity index (χ3v) is 2.39. The third kappa shape index (κ3) is 4.37. The monoisotopic (exact) mass is 247 g/mol. The van der Waals surface area contributed by atoms with Crippen LogP contribution in [0.5, 0.6) is 0 Å². The zero-order valence-electron chi connectivity index (χ0n) is 10.4. The van der Waals surface area contributed by atoms with E-state index < -0.39 is 0 Å². The fourth-order valence-corrected chi connectivity index (χ4v) is 1.44. The van der Waals surface area contributed by atoms with E-state index in [4.69, 9.17) is 0 Å². The van der Waals surface area contributed by atoms with Gasteiger partial charge >= 0.3 is 0 Å². The van der Waals surface area contributed by atoms with Gasteiger partial charge < -0.3 is 10.2 Å². The van der Waals surface area contributed by atoms with E-state index in [-0.39, 0.29) is 11.8 Å². The minimum atomic E-state index is -0.190. The molecule has 5 heteroatoms. The summed E-state index contributed by atoms with van der Waals surface area (Å²) < 4.78 is 0. The van der Waals surface area contributed by atoms with Crippen LogP contribution in [0, 0.1) is 0 Å². The molecule has 0 atom stereocenters. The van der Waals surface area contributed by atoms with E-state index in [1.54, 1.807) is 29.3 Å². The fourth-order valence-electron chi connectivity index (χ4n) is 1.44. The topological polar surface area (TPSA) is 62.3 Å². The van der Waals surface area contributed by atoms with Gasteiger partial charge in [-0.05, 0) is 12.1 Å². The average molecular weight is 247 g/mol. The van der Waals surface area contributed by atoms with Crippen molar-refractivity contribution in [1.82, 2.24) is 15.2 Å². The standard InChI is InChI=1S/C13H17N3O2/c1-3-8-16(11(2)17)9-7-15-13(18)12-5-4-6-14-10-12/h3-6,10H,1,7-9H2,2H3,(H,15,18). The molecule has 0 unspecified atom stereocenters. The normalized spacial score (nSPS) is 9.61. The molecule has 0 saturated heterocycles. The Kier molecular flexibility index (Phi) is 5.57. The van der Waals surface area contributed by atoms with Crippen molar-refractivity contribution in [2.75, 3.05) is 19.6 Å². The van der Waals surface area contributed by atoms with Crippen LogP contribution in [0.25, 0.3) is 0 Å². The maximum atomic E-state index is 11.7. The molecule has 0 radical (unpaired) electrons. The van der Waals surface area contributed by atoms with E-state index >= 15 is 0 Å². The van der Waals surface area contributed by atoms with Crippen LogP contribution in [0.1, 0.15) is 17.3 Å². The summed E-state index contributed by atoms with van der Waals surface area (Å²) in [5.41, 5.74) is 0.510. The van der Waals surface area contributed by atoms with Crippen LogP contribution in [0.3, 0.4) is 0 Å². The van der Waals surface area contributed by atoms with Crippen molar-refractivity contribution in [1.29, 1.82) is 0 Å². The Labute approximate surface area is 107 Å². The van der Waals surface area contributed by atoms with E-state index in [1.165, 1.54) is 13.1 Å². The summed E-state index contributed by atoms with van der Waals surface area (Å²) >= 11 is 0. The zero-order valence-corrected chi connectivity index (χ0v) is 10.4. The molecule has 5 nitrogen and oxygen atoms in total. The lowest BCUT2D eigenvalue weighted by atomic mass is 10.3. The number of hydrogen-bond acceptors (Lipinski definition) is 3. The van der Waals surface area contributed by atoms with Gasteiger partial charge in [-0.25, -0.2) is 0 Å². The molecular formula is C13H17N3O2. The Hall–Kier alpha value is -2.17. The van der Waals surface area contributed by atoms with Gasteiger partial charge in [-0.3, -0.25) is 14.6 Å². The first kappa shape index (κ1) is 13.9. The van der Waals surface area contributed by atoms with Crippen LogP contribution < -0.4 is 5.32 Å². The number of rotatable bonds is 6. The van der Waals surface area contributed by atoms with Gasteiger partial charge in [0.1, 0.15) is 0 Å². The maximum Gasteiger partial charge on any atom is 0.252 e. The number of hydrogen-bond donors (Lipinski definition) is 1. The molecular weight excluding hydrogens is 230 g/mol. The van der Waals surface area contributed by atoms with Crippen LogP contribution in [0.15, 0.2) is 37.2 Å². The van der Waals surface area contributed by atoms with Crippen molar-refractivity contribution in [2.45, 2.75) is 6.92 Å². The Balaban J connectivity index is 2.39. The number of nitrogens with zero attached hydrogens (tertiary/aromatic N) is 2. The second kappa shape index (κ2) is 7.21. The predicted octanol–water partition coefficient (Wildman–Crippen LogP) is 0.846. The molecule has 0 saturated carbocycles. The first-order valence-corrected chi connectivity index (χ1v) is 5.69. The van der Waals surface area contributed by atoms with Crippen LogP contribution in [-0.4, -0.2) is 41.3 Å². The molecule has 1 aromatic heterocycles. The Morgan fingerprint density at radius 2 is 2.33 bits per heavy atom. The Bertz CT molecular complexity index is 418. The van der Waals surface area contributed by atoms with Gasteiger partial charge in [-0.2, -0.15) is 0 Å². The second-order valence-electron chi connectivity index (χ2n) is 3.75. The number of pyridine rings is 1. The summed E-state index contributed by atoms with van der Waals surface area (Å²) in [5, 5.41) is 2.74. The molecule has 0 spiro atoms. The van der Waals surface area contributed by atoms with Gasteiger partial charge in [0, 0.05) is 39.0 Å².